The maximum absolute atomic E-state index is 6.28. The molecule has 0 aliphatic carbocycles. The van der Waals surface area contributed by atoms with E-state index in [9.17, 15) is 0 Å². The number of aromatic amines is 1. The van der Waals surface area contributed by atoms with Crippen LogP contribution in [-0.4, -0.2) is 15.0 Å². The Bertz CT molecular complexity index is 977. The van der Waals surface area contributed by atoms with Gasteiger partial charge in [0.25, 0.3) is 0 Å². The molecule has 128 valence electrons. The van der Waals surface area contributed by atoms with E-state index < -0.39 is 0 Å². The van der Waals surface area contributed by atoms with Crippen LogP contribution >= 0.6 is 22.9 Å². The van der Waals surface area contributed by atoms with Crippen molar-refractivity contribution < 1.29 is 4.42 Å². The Morgan fingerprint density at radius 2 is 2.32 bits per heavy atom. The van der Waals surface area contributed by atoms with E-state index in [4.69, 9.17) is 16.0 Å². The summed E-state index contributed by atoms with van der Waals surface area (Å²) < 4.78 is 6.18. The summed E-state index contributed by atoms with van der Waals surface area (Å²) in [6, 6.07) is 5.94. The van der Waals surface area contributed by atoms with Crippen LogP contribution in [0.3, 0.4) is 0 Å². The number of hydrogen-bond donors (Lipinski definition) is 2. The fourth-order valence-corrected chi connectivity index (χ4v) is 3.70. The molecule has 0 aliphatic heterocycles. The minimum atomic E-state index is 0.429. The zero-order valence-corrected chi connectivity index (χ0v) is 15.2. The van der Waals surface area contributed by atoms with Crippen molar-refractivity contribution in [3.8, 4) is 11.4 Å². The molecule has 4 heterocycles. The van der Waals surface area contributed by atoms with E-state index in [0.717, 1.165) is 46.8 Å². The molecule has 4 aromatic rings. The number of H-pyrrole nitrogens is 1. The number of nitrogens with zero attached hydrogens (tertiary/aromatic N) is 2. The third kappa shape index (κ3) is 3.15. The average Bonchev–Trinajstić information content (AvgIpc) is 3.33. The van der Waals surface area contributed by atoms with Gasteiger partial charge in [-0.1, -0.05) is 24.6 Å². The summed E-state index contributed by atoms with van der Waals surface area (Å²) >= 11 is 7.99. The Hall–Kier alpha value is -2.31. The average molecular weight is 373 g/mol. The van der Waals surface area contributed by atoms with Gasteiger partial charge in [0.05, 0.1) is 11.3 Å². The van der Waals surface area contributed by atoms with Crippen molar-refractivity contribution in [1.82, 2.24) is 15.0 Å². The first-order valence-corrected chi connectivity index (χ1v) is 9.40. The molecule has 0 saturated carbocycles. The van der Waals surface area contributed by atoms with Crippen LogP contribution in [0, 0.1) is 0 Å². The number of aromatic nitrogens is 3. The highest BCUT2D eigenvalue weighted by atomic mass is 35.5. The fourth-order valence-electron chi connectivity index (χ4n) is 2.86. The van der Waals surface area contributed by atoms with Gasteiger partial charge in [-0.25, -0.2) is 9.97 Å². The third-order valence-electron chi connectivity index (χ3n) is 3.93. The molecule has 0 radical (unpaired) electrons. The van der Waals surface area contributed by atoms with Crippen LogP contribution in [0.5, 0.6) is 0 Å². The van der Waals surface area contributed by atoms with E-state index in [-0.39, 0.29) is 0 Å². The van der Waals surface area contributed by atoms with Crippen molar-refractivity contribution in [2.75, 3.05) is 5.32 Å². The zero-order valence-electron chi connectivity index (χ0n) is 13.7. The Morgan fingerprint density at radius 1 is 1.40 bits per heavy atom. The second kappa shape index (κ2) is 6.90. The summed E-state index contributed by atoms with van der Waals surface area (Å²) in [5.41, 5.74) is 3.19. The smallest absolute Gasteiger partial charge is 0.176 e. The van der Waals surface area contributed by atoms with Crippen molar-refractivity contribution in [3.05, 3.63) is 51.8 Å². The highest BCUT2D eigenvalue weighted by molar-refractivity contribution is 7.09. The van der Waals surface area contributed by atoms with Gasteiger partial charge in [0, 0.05) is 36.3 Å². The molecule has 0 fully saturated rings. The number of pyridine rings is 1. The van der Waals surface area contributed by atoms with Crippen LogP contribution in [0.4, 0.5) is 5.69 Å². The van der Waals surface area contributed by atoms with E-state index in [1.807, 2.05) is 12.1 Å². The standard InChI is InChI=1S/C18H17ClN4OS/c1-2-4-13-15(18-20-6-7-21-18)16-17(24-13)12(9-14(19)23-16)22-10-11-5-3-8-25-11/h3,5-9H,2,4,10H2,1H3,(H,20,21)(H,22,23). The summed E-state index contributed by atoms with van der Waals surface area (Å²) in [7, 11) is 0. The molecule has 4 rings (SSSR count). The van der Waals surface area contributed by atoms with E-state index >= 15 is 0 Å². The molecule has 0 aliphatic rings. The fraction of sp³-hybridized carbons (Fsp3) is 0.222. The van der Waals surface area contributed by atoms with Crippen molar-refractivity contribution in [3.63, 3.8) is 0 Å². The molecule has 0 saturated heterocycles. The molecular formula is C18H17ClN4OS. The molecule has 0 atom stereocenters. The second-order valence-corrected chi connectivity index (χ2v) is 7.11. The topological polar surface area (TPSA) is 66.7 Å². The lowest BCUT2D eigenvalue weighted by Gasteiger charge is -2.06. The highest BCUT2D eigenvalue weighted by Gasteiger charge is 2.21. The molecule has 0 unspecified atom stereocenters. The Morgan fingerprint density at radius 3 is 3.04 bits per heavy atom. The molecule has 25 heavy (non-hydrogen) atoms. The first kappa shape index (κ1) is 16.2. The summed E-state index contributed by atoms with van der Waals surface area (Å²) in [4.78, 5) is 13.3. The van der Waals surface area contributed by atoms with E-state index in [1.165, 1.54) is 4.88 Å². The minimum absolute atomic E-state index is 0.429. The lowest BCUT2D eigenvalue weighted by Crippen LogP contribution is -1.98. The molecule has 0 spiro atoms. The number of furan rings is 1. The van der Waals surface area contributed by atoms with Gasteiger partial charge >= 0.3 is 0 Å². The normalized spacial score (nSPS) is 11.3. The number of halogens is 1. The van der Waals surface area contributed by atoms with Crippen LogP contribution in [0.2, 0.25) is 5.15 Å². The minimum Gasteiger partial charge on any atom is -0.456 e. The van der Waals surface area contributed by atoms with E-state index in [0.29, 0.717) is 11.7 Å². The van der Waals surface area contributed by atoms with E-state index in [2.05, 4.69) is 38.6 Å². The molecule has 4 aromatic heterocycles. The number of anilines is 1. The van der Waals surface area contributed by atoms with E-state index in [1.54, 1.807) is 23.7 Å². The quantitative estimate of drug-likeness (QED) is 0.439. The molecule has 5 nitrogen and oxygen atoms in total. The highest BCUT2D eigenvalue weighted by Crippen LogP contribution is 2.37. The maximum Gasteiger partial charge on any atom is 0.176 e. The summed E-state index contributed by atoms with van der Waals surface area (Å²) in [5.74, 6) is 1.63. The van der Waals surface area contributed by atoms with Crippen LogP contribution in [0.25, 0.3) is 22.5 Å². The van der Waals surface area contributed by atoms with Crippen molar-refractivity contribution >= 4 is 39.7 Å². The molecule has 0 amide bonds. The number of fused-ring (bicyclic) bond motifs is 1. The number of aryl methyl sites for hydroxylation is 1. The van der Waals surface area contributed by atoms with Crippen molar-refractivity contribution in [2.45, 2.75) is 26.3 Å². The first-order chi connectivity index (χ1) is 12.3. The maximum atomic E-state index is 6.28. The summed E-state index contributed by atoms with van der Waals surface area (Å²) in [6.45, 7) is 2.84. The van der Waals surface area contributed by atoms with Crippen molar-refractivity contribution in [1.29, 1.82) is 0 Å². The molecular weight excluding hydrogens is 356 g/mol. The van der Waals surface area contributed by atoms with Crippen LogP contribution < -0.4 is 5.32 Å². The number of nitrogens with one attached hydrogen (secondary N) is 2. The Kier molecular flexibility index (Phi) is 4.46. The predicted octanol–water partition coefficient (Wildman–Crippen LogP) is 5.50. The molecule has 0 aromatic carbocycles. The molecule has 0 bridgehead atoms. The largest absolute Gasteiger partial charge is 0.456 e. The molecule has 7 heteroatoms. The number of hydrogen-bond acceptors (Lipinski definition) is 5. The lowest BCUT2D eigenvalue weighted by molar-refractivity contribution is 0.546. The van der Waals surface area contributed by atoms with Gasteiger partial charge < -0.3 is 14.7 Å². The van der Waals surface area contributed by atoms with Gasteiger partial charge in [-0.3, -0.25) is 0 Å². The zero-order chi connectivity index (χ0) is 17.2. The third-order valence-corrected chi connectivity index (χ3v) is 5.00. The number of imidazole rings is 1. The number of rotatable bonds is 6. The number of thiophene rings is 1. The Balaban J connectivity index is 1.83. The van der Waals surface area contributed by atoms with Crippen LogP contribution in [-0.2, 0) is 13.0 Å². The van der Waals surface area contributed by atoms with Crippen molar-refractivity contribution in [2.24, 2.45) is 0 Å². The predicted molar refractivity (Wildman–Crippen MR) is 102 cm³/mol. The Labute approximate surface area is 154 Å². The second-order valence-electron chi connectivity index (χ2n) is 5.69. The van der Waals surface area contributed by atoms with Crippen LogP contribution in [0.15, 0.2) is 40.4 Å². The lowest BCUT2D eigenvalue weighted by atomic mass is 10.1. The van der Waals surface area contributed by atoms with Gasteiger partial charge in [0.15, 0.2) is 5.58 Å². The SMILES string of the molecule is CCCc1oc2c(NCc3cccs3)cc(Cl)nc2c1-c1ncc[nH]1. The van der Waals surface area contributed by atoms with Gasteiger partial charge in [-0.2, -0.15) is 0 Å². The first-order valence-electron chi connectivity index (χ1n) is 8.14. The summed E-state index contributed by atoms with van der Waals surface area (Å²) in [5, 5.41) is 5.91. The monoisotopic (exact) mass is 372 g/mol. The van der Waals surface area contributed by atoms with Gasteiger partial charge in [-0.15, -0.1) is 11.3 Å². The van der Waals surface area contributed by atoms with Crippen LogP contribution in [0.1, 0.15) is 24.0 Å². The van der Waals surface area contributed by atoms with Gasteiger partial charge in [-0.05, 0) is 17.9 Å². The summed E-state index contributed by atoms with van der Waals surface area (Å²) in [6.07, 6.45) is 5.31. The van der Waals surface area contributed by atoms with Gasteiger partial charge in [0.1, 0.15) is 22.3 Å². The van der Waals surface area contributed by atoms with Gasteiger partial charge in [0.2, 0.25) is 0 Å². The molecule has 2 N–H and O–H groups in total.